The lowest BCUT2D eigenvalue weighted by Crippen LogP contribution is -2.46. The number of carbonyl (C=O) groups excluding carboxylic acids is 1. The molecule has 8 heteroatoms. The lowest BCUT2D eigenvalue weighted by molar-refractivity contribution is -0.149. The summed E-state index contributed by atoms with van der Waals surface area (Å²) >= 11 is 1.73. The van der Waals surface area contributed by atoms with Crippen molar-refractivity contribution in [3.05, 3.63) is 16.1 Å². The molecule has 1 aliphatic rings. The van der Waals surface area contributed by atoms with E-state index in [1.807, 2.05) is 6.92 Å². The fraction of sp³-hybridized carbons (Fsp3) is 0.737. The summed E-state index contributed by atoms with van der Waals surface area (Å²) in [6, 6.07) is 0. The summed E-state index contributed by atoms with van der Waals surface area (Å²) in [6.45, 7) is 12.0. The second-order valence-corrected chi connectivity index (χ2v) is 7.72. The van der Waals surface area contributed by atoms with Crippen LogP contribution >= 0.6 is 35.3 Å². The molecule has 1 fully saturated rings. The Labute approximate surface area is 184 Å². The number of thiazole rings is 1. The third-order valence-electron chi connectivity index (χ3n) is 4.44. The van der Waals surface area contributed by atoms with Gasteiger partial charge in [-0.25, -0.2) is 4.98 Å². The number of guanidine groups is 1. The van der Waals surface area contributed by atoms with Crippen LogP contribution in [0.3, 0.4) is 0 Å². The summed E-state index contributed by atoms with van der Waals surface area (Å²) in [7, 11) is 0. The lowest BCUT2D eigenvalue weighted by atomic mass is 9.97. The quantitative estimate of drug-likeness (QED) is 0.264. The summed E-state index contributed by atoms with van der Waals surface area (Å²) in [5.41, 5.74) is 1.12. The van der Waals surface area contributed by atoms with Crippen LogP contribution in [0.25, 0.3) is 0 Å². The fourth-order valence-corrected chi connectivity index (χ4v) is 3.86. The van der Waals surface area contributed by atoms with Crippen molar-refractivity contribution in [2.24, 2.45) is 10.9 Å². The van der Waals surface area contributed by atoms with Gasteiger partial charge >= 0.3 is 5.97 Å². The van der Waals surface area contributed by atoms with Crippen molar-refractivity contribution in [2.75, 3.05) is 32.8 Å². The van der Waals surface area contributed by atoms with Crippen LogP contribution in [0.2, 0.25) is 0 Å². The first-order valence-electron chi connectivity index (χ1n) is 9.69. The molecule has 0 radical (unpaired) electrons. The number of nitrogens with one attached hydrogen (secondary N) is 1. The molecule has 0 atom stereocenters. The number of esters is 1. The number of ether oxygens (including phenoxy) is 1. The van der Waals surface area contributed by atoms with Crippen molar-refractivity contribution in [3.63, 3.8) is 0 Å². The molecule has 154 valence electrons. The number of piperidine rings is 1. The zero-order valence-corrected chi connectivity index (χ0v) is 20.0. The van der Waals surface area contributed by atoms with E-state index in [-0.39, 0.29) is 35.9 Å². The van der Waals surface area contributed by atoms with Crippen molar-refractivity contribution in [2.45, 2.75) is 52.9 Å². The van der Waals surface area contributed by atoms with Gasteiger partial charge in [0.15, 0.2) is 5.96 Å². The second kappa shape index (κ2) is 12.5. The van der Waals surface area contributed by atoms with Crippen molar-refractivity contribution >= 4 is 47.2 Å². The van der Waals surface area contributed by atoms with Gasteiger partial charge in [0.1, 0.15) is 0 Å². The molecule has 0 saturated carbocycles. The normalized spacial score (nSPS) is 15.6. The minimum absolute atomic E-state index is 0. The zero-order chi connectivity index (χ0) is 18.9. The number of hydrogen-bond donors (Lipinski definition) is 1. The zero-order valence-electron chi connectivity index (χ0n) is 16.9. The summed E-state index contributed by atoms with van der Waals surface area (Å²) in [6.07, 6.45) is 2.51. The molecule has 2 rings (SSSR count). The summed E-state index contributed by atoms with van der Waals surface area (Å²) < 4.78 is 5.15. The number of aromatic nitrogens is 1. The Balaban J connectivity index is 0.00000364. The molecule has 0 aliphatic carbocycles. The molecule has 0 amide bonds. The standard InChI is InChI=1S/C19H32N4O2S.HI/c1-5-20-19(21-10-7-16-13-26-17(22-16)14(3)4)23-11-8-15(9-12-23)18(24)25-6-2;/h13-15H,5-12H2,1-4H3,(H,20,21);1H. The molecule has 0 bridgehead atoms. The topological polar surface area (TPSA) is 66.8 Å². The molecule has 0 aromatic carbocycles. The highest BCUT2D eigenvalue weighted by Gasteiger charge is 2.27. The van der Waals surface area contributed by atoms with E-state index in [2.05, 4.69) is 41.4 Å². The van der Waals surface area contributed by atoms with E-state index in [9.17, 15) is 4.79 Å². The largest absolute Gasteiger partial charge is 0.466 e. The first-order chi connectivity index (χ1) is 12.5. The van der Waals surface area contributed by atoms with Crippen LogP contribution in [0.4, 0.5) is 0 Å². The molecule has 0 spiro atoms. The molecule has 6 nitrogen and oxygen atoms in total. The van der Waals surface area contributed by atoms with Crippen molar-refractivity contribution in [1.29, 1.82) is 0 Å². The summed E-state index contributed by atoms with van der Waals surface area (Å²) in [4.78, 5) is 23.6. The first-order valence-corrected chi connectivity index (χ1v) is 10.6. The highest BCUT2D eigenvalue weighted by Crippen LogP contribution is 2.20. The molecule has 1 aromatic heterocycles. The van der Waals surface area contributed by atoms with E-state index < -0.39 is 0 Å². The summed E-state index contributed by atoms with van der Waals surface area (Å²) in [5, 5.41) is 6.71. The number of hydrogen-bond acceptors (Lipinski definition) is 5. The first kappa shape index (κ1) is 24.1. The maximum absolute atomic E-state index is 11.9. The van der Waals surface area contributed by atoms with Crippen molar-refractivity contribution < 1.29 is 9.53 Å². The van der Waals surface area contributed by atoms with Gasteiger partial charge in [-0.15, -0.1) is 35.3 Å². The summed E-state index contributed by atoms with van der Waals surface area (Å²) in [5.74, 6) is 1.39. The third kappa shape index (κ3) is 7.56. The molecule has 2 heterocycles. The number of nitrogens with zero attached hydrogens (tertiary/aromatic N) is 3. The van der Waals surface area contributed by atoms with Gasteiger partial charge in [-0.2, -0.15) is 0 Å². The average Bonchev–Trinajstić information content (AvgIpc) is 3.11. The van der Waals surface area contributed by atoms with Crippen LogP contribution < -0.4 is 5.32 Å². The molecule has 1 N–H and O–H groups in total. The van der Waals surface area contributed by atoms with E-state index in [0.717, 1.165) is 57.1 Å². The minimum Gasteiger partial charge on any atom is -0.466 e. The van der Waals surface area contributed by atoms with Crippen LogP contribution in [0.1, 0.15) is 57.2 Å². The Morgan fingerprint density at radius 1 is 1.41 bits per heavy atom. The van der Waals surface area contributed by atoms with Gasteiger partial charge in [0, 0.05) is 43.9 Å². The van der Waals surface area contributed by atoms with Crippen LogP contribution in [-0.2, 0) is 16.0 Å². The smallest absolute Gasteiger partial charge is 0.309 e. The Morgan fingerprint density at radius 3 is 2.67 bits per heavy atom. The average molecular weight is 508 g/mol. The maximum Gasteiger partial charge on any atom is 0.309 e. The van der Waals surface area contributed by atoms with Gasteiger partial charge in [-0.3, -0.25) is 9.79 Å². The van der Waals surface area contributed by atoms with Crippen LogP contribution in [0.15, 0.2) is 10.4 Å². The van der Waals surface area contributed by atoms with Crippen LogP contribution in [0, 0.1) is 5.92 Å². The van der Waals surface area contributed by atoms with Gasteiger partial charge in [-0.1, -0.05) is 13.8 Å². The fourth-order valence-electron chi connectivity index (χ4n) is 2.99. The van der Waals surface area contributed by atoms with Gasteiger partial charge in [0.2, 0.25) is 0 Å². The molecule has 27 heavy (non-hydrogen) atoms. The Kier molecular flexibility index (Phi) is 11.2. The monoisotopic (exact) mass is 508 g/mol. The molecule has 1 saturated heterocycles. The molecular formula is C19H33IN4O2S. The van der Waals surface area contributed by atoms with E-state index in [1.54, 1.807) is 11.3 Å². The number of carbonyl (C=O) groups is 1. The third-order valence-corrected chi connectivity index (χ3v) is 5.64. The predicted octanol–water partition coefficient (Wildman–Crippen LogP) is 3.67. The maximum atomic E-state index is 11.9. The predicted molar refractivity (Wildman–Crippen MR) is 122 cm³/mol. The van der Waals surface area contributed by atoms with E-state index in [4.69, 9.17) is 9.73 Å². The molecule has 0 unspecified atom stereocenters. The number of rotatable bonds is 7. The van der Waals surface area contributed by atoms with Crippen LogP contribution in [0.5, 0.6) is 0 Å². The highest BCUT2D eigenvalue weighted by molar-refractivity contribution is 14.0. The Morgan fingerprint density at radius 2 is 2.11 bits per heavy atom. The van der Waals surface area contributed by atoms with Gasteiger partial charge < -0.3 is 15.0 Å². The van der Waals surface area contributed by atoms with Crippen molar-refractivity contribution in [3.8, 4) is 0 Å². The number of likely N-dealkylation sites (tertiary alicyclic amines) is 1. The Hall–Kier alpha value is -0.900. The second-order valence-electron chi connectivity index (χ2n) is 6.83. The SMILES string of the molecule is CCNC(=NCCc1csc(C(C)C)n1)N1CCC(C(=O)OCC)CC1.I. The number of halogens is 1. The lowest BCUT2D eigenvalue weighted by Gasteiger charge is -2.33. The van der Waals surface area contributed by atoms with Gasteiger partial charge in [-0.05, 0) is 26.7 Å². The minimum atomic E-state index is -0.0569. The molecule has 1 aromatic rings. The van der Waals surface area contributed by atoms with Gasteiger partial charge in [0.25, 0.3) is 0 Å². The molecule has 1 aliphatic heterocycles. The highest BCUT2D eigenvalue weighted by atomic mass is 127. The molecular weight excluding hydrogens is 475 g/mol. The number of aliphatic imine (C=N–C) groups is 1. The van der Waals surface area contributed by atoms with E-state index >= 15 is 0 Å². The van der Waals surface area contributed by atoms with Crippen LogP contribution in [-0.4, -0.2) is 54.6 Å². The Bertz CT molecular complexity index is 598. The van der Waals surface area contributed by atoms with Gasteiger partial charge in [0.05, 0.1) is 23.2 Å². The van der Waals surface area contributed by atoms with E-state index in [1.165, 1.54) is 5.01 Å². The van der Waals surface area contributed by atoms with Crippen molar-refractivity contribution in [1.82, 2.24) is 15.2 Å². The van der Waals surface area contributed by atoms with E-state index in [0.29, 0.717) is 12.5 Å².